The standard InChI is InChI=1S/C14H6F4N2O9S/c15-5-7(17)10(8(18)6(16)9(5)21)30(27,28)29-20-13(24)3-1-2(4(3)14(20)25)12(23)19(26)11(1)22/h1-4,21,26H. The van der Waals surface area contributed by atoms with Crippen molar-refractivity contribution in [3.63, 3.8) is 0 Å². The van der Waals surface area contributed by atoms with Crippen LogP contribution in [-0.4, -0.2) is 52.5 Å². The van der Waals surface area contributed by atoms with Crippen LogP contribution in [0.25, 0.3) is 0 Å². The first kappa shape index (κ1) is 20.2. The number of rotatable bonds is 3. The second-order valence-electron chi connectivity index (χ2n) is 6.52. The van der Waals surface area contributed by atoms with Gasteiger partial charge in [-0.2, -0.15) is 22.3 Å². The largest absolute Gasteiger partial charge is 0.503 e. The molecule has 2 N–H and O–H groups in total. The highest BCUT2D eigenvalue weighted by atomic mass is 32.2. The first-order valence-corrected chi connectivity index (χ1v) is 9.17. The predicted molar refractivity (Wildman–Crippen MR) is 75.7 cm³/mol. The molecule has 0 aromatic heterocycles. The van der Waals surface area contributed by atoms with Gasteiger partial charge in [-0.05, 0) is 0 Å². The normalized spacial score (nSPS) is 28.2. The van der Waals surface area contributed by atoms with Crippen molar-refractivity contribution in [2.45, 2.75) is 4.90 Å². The molecule has 3 aliphatic rings. The zero-order chi connectivity index (χ0) is 22.4. The molecule has 1 aliphatic carbocycles. The zero-order valence-electron chi connectivity index (χ0n) is 13.9. The van der Waals surface area contributed by atoms with Crippen molar-refractivity contribution in [1.29, 1.82) is 0 Å². The van der Waals surface area contributed by atoms with Gasteiger partial charge < -0.3 is 5.11 Å². The Morgan fingerprint density at radius 2 is 1.10 bits per heavy atom. The summed E-state index contributed by atoms with van der Waals surface area (Å²) in [7, 11) is -5.90. The van der Waals surface area contributed by atoms with Crippen LogP contribution in [0.5, 0.6) is 5.75 Å². The minimum Gasteiger partial charge on any atom is -0.503 e. The molecule has 30 heavy (non-hydrogen) atoms. The van der Waals surface area contributed by atoms with Crippen LogP contribution < -0.4 is 0 Å². The van der Waals surface area contributed by atoms with E-state index in [1.807, 2.05) is 0 Å². The molecule has 0 radical (unpaired) electrons. The van der Waals surface area contributed by atoms with Gasteiger partial charge in [0.2, 0.25) is 11.6 Å². The van der Waals surface area contributed by atoms with Gasteiger partial charge in [-0.3, -0.25) is 24.4 Å². The Bertz CT molecular complexity index is 1120. The van der Waals surface area contributed by atoms with Crippen LogP contribution in [0.2, 0.25) is 0 Å². The number of halogens is 4. The number of hydroxylamine groups is 4. The summed E-state index contributed by atoms with van der Waals surface area (Å²) in [6.45, 7) is 0. The summed E-state index contributed by atoms with van der Waals surface area (Å²) in [5.41, 5.74) is 0. The van der Waals surface area contributed by atoms with E-state index in [-0.39, 0.29) is 5.06 Å². The van der Waals surface area contributed by atoms with Crippen LogP contribution in [0.3, 0.4) is 0 Å². The molecule has 2 aliphatic heterocycles. The number of carbonyl (C=O) groups excluding carboxylic acids is 4. The van der Waals surface area contributed by atoms with E-state index in [0.717, 1.165) is 0 Å². The van der Waals surface area contributed by atoms with Crippen LogP contribution in [-0.2, 0) is 33.6 Å². The van der Waals surface area contributed by atoms with Gasteiger partial charge in [-0.1, -0.05) is 0 Å². The molecular weight excluding hydrogens is 448 g/mol. The molecule has 11 nitrogen and oxygen atoms in total. The van der Waals surface area contributed by atoms with Crippen molar-refractivity contribution in [1.82, 2.24) is 10.1 Å². The maximum atomic E-state index is 13.9. The molecule has 2 heterocycles. The predicted octanol–water partition coefficient (Wildman–Crippen LogP) is -0.826. The van der Waals surface area contributed by atoms with E-state index < -0.39 is 96.4 Å². The Morgan fingerprint density at radius 1 is 0.733 bits per heavy atom. The highest BCUT2D eigenvalue weighted by Crippen LogP contribution is 2.56. The first-order valence-electron chi connectivity index (χ1n) is 7.77. The number of hydrogen-bond donors (Lipinski definition) is 2. The fraction of sp³-hybridized carbons (Fsp3) is 0.286. The van der Waals surface area contributed by atoms with Gasteiger partial charge in [-0.25, -0.2) is 8.78 Å². The molecule has 4 amide bonds. The Morgan fingerprint density at radius 3 is 1.50 bits per heavy atom. The highest BCUT2D eigenvalue weighted by Gasteiger charge is 2.74. The maximum Gasteiger partial charge on any atom is 0.324 e. The molecule has 0 bridgehead atoms. The highest BCUT2D eigenvalue weighted by molar-refractivity contribution is 7.86. The van der Waals surface area contributed by atoms with E-state index in [0.29, 0.717) is 0 Å². The molecule has 1 aromatic rings. The lowest BCUT2D eigenvalue weighted by molar-refractivity contribution is -0.174. The minimum atomic E-state index is -5.90. The SMILES string of the molecule is O=C1C2C(C(=O)N1O)C1C(=O)N(OS(=O)(=O)c3c(F)c(F)c(O)c(F)c3F)C(=O)C21. The van der Waals surface area contributed by atoms with Gasteiger partial charge in [0.05, 0.1) is 23.7 Å². The topological polar surface area (TPSA) is 159 Å². The van der Waals surface area contributed by atoms with Gasteiger partial charge in [0.1, 0.15) is 0 Å². The molecule has 4 atom stereocenters. The van der Waals surface area contributed by atoms with E-state index in [9.17, 15) is 50.4 Å². The fourth-order valence-corrected chi connectivity index (χ4v) is 4.81. The van der Waals surface area contributed by atoms with Crippen LogP contribution in [0.4, 0.5) is 17.6 Å². The van der Waals surface area contributed by atoms with Crippen molar-refractivity contribution in [2.75, 3.05) is 0 Å². The number of phenols is 1. The summed E-state index contributed by atoms with van der Waals surface area (Å²) < 4.78 is 83.0. The van der Waals surface area contributed by atoms with E-state index in [1.165, 1.54) is 0 Å². The van der Waals surface area contributed by atoms with Crippen molar-refractivity contribution < 1.29 is 59.8 Å². The quantitative estimate of drug-likeness (QED) is 0.257. The van der Waals surface area contributed by atoms with E-state index in [4.69, 9.17) is 5.11 Å². The lowest BCUT2D eigenvalue weighted by Crippen LogP contribution is -2.50. The number of phenolic OH excluding ortho intramolecular Hbond substituents is 1. The number of fused-ring (bicyclic) bond motifs is 4. The third kappa shape index (κ3) is 2.23. The average Bonchev–Trinajstić information content (AvgIpc) is 2.95. The molecular formula is C14H6F4N2O9S. The third-order valence-corrected chi connectivity index (χ3v) is 6.33. The van der Waals surface area contributed by atoms with E-state index >= 15 is 0 Å². The molecule has 1 aromatic carbocycles. The summed E-state index contributed by atoms with van der Waals surface area (Å²) >= 11 is 0. The number of aromatic hydroxyl groups is 1. The molecule has 1 saturated carbocycles. The summed E-state index contributed by atoms with van der Waals surface area (Å²) in [6, 6.07) is 0. The third-order valence-electron chi connectivity index (χ3n) is 5.13. The first-order chi connectivity index (χ1) is 13.8. The number of hydrogen-bond acceptors (Lipinski definition) is 9. The molecule has 4 rings (SSSR count). The smallest absolute Gasteiger partial charge is 0.324 e. The van der Waals surface area contributed by atoms with Crippen molar-refractivity contribution in [3.05, 3.63) is 23.3 Å². The Balaban J connectivity index is 1.70. The Hall–Kier alpha value is -3.11. The van der Waals surface area contributed by atoms with Gasteiger partial charge in [0.15, 0.2) is 22.3 Å². The van der Waals surface area contributed by atoms with E-state index in [2.05, 4.69) is 4.28 Å². The van der Waals surface area contributed by atoms with Crippen LogP contribution in [0.15, 0.2) is 4.90 Å². The van der Waals surface area contributed by atoms with Gasteiger partial charge in [0.25, 0.3) is 23.6 Å². The van der Waals surface area contributed by atoms with Crippen LogP contribution >= 0.6 is 0 Å². The van der Waals surface area contributed by atoms with E-state index in [1.54, 1.807) is 0 Å². The average molecular weight is 454 g/mol. The maximum absolute atomic E-state index is 13.9. The molecule has 3 fully saturated rings. The lowest BCUT2D eigenvalue weighted by Gasteiger charge is -2.35. The minimum absolute atomic E-state index is 0.289. The van der Waals surface area contributed by atoms with Crippen molar-refractivity contribution in [3.8, 4) is 5.75 Å². The fourth-order valence-electron chi connectivity index (χ4n) is 3.78. The Kier molecular flexibility index (Phi) is 4.01. The Labute approximate surface area is 162 Å². The van der Waals surface area contributed by atoms with Crippen molar-refractivity contribution in [2.24, 2.45) is 23.7 Å². The summed E-state index contributed by atoms with van der Waals surface area (Å²) in [4.78, 5) is 45.9. The monoisotopic (exact) mass is 454 g/mol. The van der Waals surface area contributed by atoms with Gasteiger partial charge >= 0.3 is 10.1 Å². The number of amides is 4. The summed E-state index contributed by atoms with van der Waals surface area (Å²) in [5.74, 6) is -23.9. The van der Waals surface area contributed by atoms with Gasteiger partial charge in [-0.15, -0.1) is 9.35 Å². The number of imide groups is 2. The van der Waals surface area contributed by atoms with Gasteiger partial charge in [0, 0.05) is 0 Å². The molecule has 16 heteroatoms. The second-order valence-corrected chi connectivity index (χ2v) is 7.99. The second kappa shape index (κ2) is 5.96. The van der Waals surface area contributed by atoms with Crippen LogP contribution in [0, 0.1) is 46.9 Å². The van der Waals surface area contributed by atoms with Crippen molar-refractivity contribution >= 4 is 33.7 Å². The molecule has 2 saturated heterocycles. The molecule has 0 spiro atoms. The number of nitrogens with zero attached hydrogens (tertiary/aromatic N) is 2. The lowest BCUT2D eigenvalue weighted by atomic mass is 9.59. The summed E-state index contributed by atoms with van der Waals surface area (Å²) in [5, 5.41) is 17.4. The number of benzene rings is 1. The molecule has 4 unspecified atom stereocenters. The molecule has 160 valence electrons. The zero-order valence-corrected chi connectivity index (χ0v) is 14.7. The number of carbonyl (C=O) groups is 4. The summed E-state index contributed by atoms with van der Waals surface area (Å²) in [6.07, 6.45) is 0. The van der Waals surface area contributed by atoms with Crippen LogP contribution in [0.1, 0.15) is 0 Å².